The molecular weight excluding hydrogens is 309 g/mol. The quantitative estimate of drug-likeness (QED) is 0.866. The molecule has 1 aromatic carbocycles. The van der Waals surface area contributed by atoms with Crippen LogP contribution in [-0.2, 0) is 0 Å². The van der Waals surface area contributed by atoms with E-state index in [1.54, 1.807) is 12.1 Å². The lowest BCUT2D eigenvalue weighted by Crippen LogP contribution is -2.17. The number of rotatable bonds is 3. The highest BCUT2D eigenvalue weighted by Gasteiger charge is 2.27. The predicted molar refractivity (Wildman–Crippen MR) is 84.4 cm³/mol. The van der Waals surface area contributed by atoms with E-state index in [4.69, 9.17) is 28.9 Å². The lowest BCUT2D eigenvalue weighted by atomic mass is 9.99. The molecule has 0 saturated heterocycles. The van der Waals surface area contributed by atoms with Crippen molar-refractivity contribution in [2.75, 3.05) is 5.73 Å². The van der Waals surface area contributed by atoms with Gasteiger partial charge in [-0.1, -0.05) is 36.0 Å². The number of nitrogens with zero attached hydrogens (tertiary/aromatic N) is 4. The summed E-state index contributed by atoms with van der Waals surface area (Å²) in [5, 5.41) is 12.9. The average Bonchev–Trinajstić information content (AvgIpc) is 3.12. The zero-order valence-electron chi connectivity index (χ0n) is 11.8. The third-order valence-corrected chi connectivity index (χ3v) is 5.05. The van der Waals surface area contributed by atoms with Crippen molar-refractivity contribution < 1.29 is 0 Å². The topological polar surface area (TPSA) is 69.6 Å². The highest BCUT2D eigenvalue weighted by atomic mass is 35.5. The molecule has 1 aliphatic rings. The van der Waals surface area contributed by atoms with Gasteiger partial charge in [0.05, 0.1) is 16.1 Å². The lowest BCUT2D eigenvalue weighted by molar-refractivity contribution is 0.332. The minimum atomic E-state index is 0.230. The first-order chi connectivity index (χ1) is 10.1. The molecule has 0 radical (unpaired) electrons. The number of anilines is 1. The summed E-state index contributed by atoms with van der Waals surface area (Å²) in [5.41, 5.74) is 7.08. The summed E-state index contributed by atoms with van der Waals surface area (Å²) in [6.45, 7) is 2.15. The molecule has 0 amide bonds. The minimum absolute atomic E-state index is 0.230. The fourth-order valence-electron chi connectivity index (χ4n) is 3.06. The van der Waals surface area contributed by atoms with Crippen molar-refractivity contribution in [3.8, 4) is 11.4 Å². The van der Waals surface area contributed by atoms with Crippen LogP contribution in [0.1, 0.15) is 38.6 Å². The summed E-state index contributed by atoms with van der Waals surface area (Å²) in [5.74, 6) is 1.22. The van der Waals surface area contributed by atoms with Crippen LogP contribution < -0.4 is 5.73 Å². The predicted octanol–water partition coefficient (Wildman–Crippen LogP) is 3.98. The van der Waals surface area contributed by atoms with Crippen LogP contribution in [0.25, 0.3) is 11.4 Å². The maximum absolute atomic E-state index is 6.30. The second-order valence-corrected chi connectivity index (χ2v) is 6.38. The zero-order valence-corrected chi connectivity index (χ0v) is 13.3. The standard InChI is InChI=1S/C14H17Cl2N5/c1-8(9-4-2-3-5-9)21-14(18-19-20-21)11-6-10(17)7-12(15)13(11)16/h6-9H,2-5,17H2,1H3. The summed E-state index contributed by atoms with van der Waals surface area (Å²) < 4.78 is 1.84. The molecule has 1 aromatic heterocycles. The second kappa shape index (κ2) is 5.81. The molecule has 2 N–H and O–H groups in total. The van der Waals surface area contributed by atoms with Crippen molar-refractivity contribution >= 4 is 28.9 Å². The molecule has 1 saturated carbocycles. The first-order valence-corrected chi connectivity index (χ1v) is 7.86. The fraction of sp³-hybridized carbons (Fsp3) is 0.500. The summed E-state index contributed by atoms with van der Waals surface area (Å²) in [4.78, 5) is 0. The highest BCUT2D eigenvalue weighted by molar-refractivity contribution is 6.43. The smallest absolute Gasteiger partial charge is 0.183 e. The van der Waals surface area contributed by atoms with E-state index >= 15 is 0 Å². The zero-order chi connectivity index (χ0) is 15.0. The van der Waals surface area contributed by atoms with Crippen LogP contribution >= 0.6 is 23.2 Å². The van der Waals surface area contributed by atoms with Gasteiger partial charge < -0.3 is 5.73 Å². The fourth-order valence-corrected chi connectivity index (χ4v) is 3.48. The average molecular weight is 326 g/mol. The Morgan fingerprint density at radius 3 is 2.71 bits per heavy atom. The minimum Gasteiger partial charge on any atom is -0.399 e. The Bertz CT molecular complexity index is 649. The monoisotopic (exact) mass is 325 g/mol. The van der Waals surface area contributed by atoms with Gasteiger partial charge in [0.15, 0.2) is 5.82 Å². The SMILES string of the molecule is CC(C1CCCC1)n1nnnc1-c1cc(N)cc(Cl)c1Cl. The molecule has 1 aliphatic carbocycles. The van der Waals surface area contributed by atoms with E-state index in [-0.39, 0.29) is 6.04 Å². The lowest BCUT2D eigenvalue weighted by Gasteiger charge is -2.20. The van der Waals surface area contributed by atoms with E-state index in [0.29, 0.717) is 33.0 Å². The van der Waals surface area contributed by atoms with Gasteiger partial charge in [-0.05, 0) is 48.2 Å². The van der Waals surface area contributed by atoms with E-state index in [1.807, 2.05) is 4.68 Å². The molecule has 3 rings (SSSR count). The first kappa shape index (κ1) is 14.6. The molecule has 7 heteroatoms. The number of hydrogen-bond donors (Lipinski definition) is 1. The molecule has 1 atom stereocenters. The van der Waals surface area contributed by atoms with Crippen LogP contribution in [0.2, 0.25) is 10.0 Å². The highest BCUT2D eigenvalue weighted by Crippen LogP contribution is 2.38. The van der Waals surface area contributed by atoms with Gasteiger partial charge in [-0.25, -0.2) is 4.68 Å². The third kappa shape index (κ3) is 2.72. The van der Waals surface area contributed by atoms with Crippen LogP contribution in [0.5, 0.6) is 0 Å². The van der Waals surface area contributed by atoms with Crippen LogP contribution in [0.3, 0.4) is 0 Å². The van der Waals surface area contributed by atoms with E-state index < -0.39 is 0 Å². The Labute approximate surface area is 133 Å². The third-order valence-electron chi connectivity index (χ3n) is 4.25. The number of tetrazole rings is 1. The number of hydrogen-bond acceptors (Lipinski definition) is 4. The maximum atomic E-state index is 6.30. The van der Waals surface area contributed by atoms with Crippen LogP contribution in [0, 0.1) is 5.92 Å². The molecule has 0 aliphatic heterocycles. The number of halogens is 2. The van der Waals surface area contributed by atoms with Crippen LogP contribution in [0.15, 0.2) is 12.1 Å². The molecule has 21 heavy (non-hydrogen) atoms. The van der Waals surface area contributed by atoms with Crippen molar-refractivity contribution in [3.63, 3.8) is 0 Å². The van der Waals surface area contributed by atoms with Gasteiger partial charge in [0.2, 0.25) is 0 Å². The summed E-state index contributed by atoms with van der Waals surface area (Å²) in [7, 11) is 0. The van der Waals surface area contributed by atoms with Gasteiger partial charge in [-0.15, -0.1) is 5.10 Å². The normalized spacial score (nSPS) is 17.3. The Hall–Kier alpha value is -1.33. The summed E-state index contributed by atoms with van der Waals surface area (Å²) in [6, 6.07) is 3.62. The number of nitrogen functional groups attached to an aromatic ring is 1. The maximum Gasteiger partial charge on any atom is 0.183 e. The van der Waals surface area contributed by atoms with Crippen LogP contribution in [-0.4, -0.2) is 20.2 Å². The molecule has 1 unspecified atom stereocenters. The second-order valence-electron chi connectivity index (χ2n) is 5.60. The van der Waals surface area contributed by atoms with E-state index in [0.717, 1.165) is 0 Å². The van der Waals surface area contributed by atoms with Gasteiger partial charge >= 0.3 is 0 Å². The Morgan fingerprint density at radius 2 is 2.00 bits per heavy atom. The molecule has 1 heterocycles. The van der Waals surface area contributed by atoms with E-state index in [2.05, 4.69) is 22.4 Å². The summed E-state index contributed by atoms with van der Waals surface area (Å²) in [6.07, 6.45) is 4.98. The van der Waals surface area contributed by atoms with Crippen molar-refractivity contribution in [2.24, 2.45) is 5.92 Å². The van der Waals surface area contributed by atoms with Gasteiger partial charge in [-0.2, -0.15) is 0 Å². The van der Waals surface area contributed by atoms with Gasteiger partial charge in [0, 0.05) is 11.3 Å². The molecule has 5 nitrogen and oxygen atoms in total. The molecule has 0 spiro atoms. The number of benzene rings is 1. The van der Waals surface area contributed by atoms with E-state index in [1.165, 1.54) is 25.7 Å². The van der Waals surface area contributed by atoms with Crippen molar-refractivity contribution in [3.05, 3.63) is 22.2 Å². The number of nitrogens with two attached hydrogens (primary N) is 1. The van der Waals surface area contributed by atoms with Gasteiger partial charge in [0.1, 0.15) is 0 Å². The number of aromatic nitrogens is 4. The molecule has 2 aromatic rings. The van der Waals surface area contributed by atoms with Crippen molar-refractivity contribution in [2.45, 2.75) is 38.6 Å². The molecular formula is C14H17Cl2N5. The molecule has 0 bridgehead atoms. The van der Waals surface area contributed by atoms with Gasteiger partial charge in [-0.3, -0.25) is 0 Å². The van der Waals surface area contributed by atoms with Crippen LogP contribution in [0.4, 0.5) is 5.69 Å². The largest absolute Gasteiger partial charge is 0.399 e. The Kier molecular flexibility index (Phi) is 4.04. The first-order valence-electron chi connectivity index (χ1n) is 7.10. The van der Waals surface area contributed by atoms with Crippen molar-refractivity contribution in [1.82, 2.24) is 20.2 Å². The molecule has 112 valence electrons. The molecule has 1 fully saturated rings. The Morgan fingerprint density at radius 1 is 1.29 bits per heavy atom. The Balaban J connectivity index is 2.03. The van der Waals surface area contributed by atoms with Crippen molar-refractivity contribution in [1.29, 1.82) is 0 Å². The van der Waals surface area contributed by atoms with E-state index in [9.17, 15) is 0 Å². The van der Waals surface area contributed by atoms with Gasteiger partial charge in [0.25, 0.3) is 0 Å². The summed E-state index contributed by atoms with van der Waals surface area (Å²) >= 11 is 12.4.